The molecule has 0 fully saturated rings. The van der Waals surface area contributed by atoms with Crippen LogP contribution in [0, 0.1) is 6.92 Å². The summed E-state index contributed by atoms with van der Waals surface area (Å²) in [6, 6.07) is 0. The van der Waals surface area contributed by atoms with E-state index in [-0.39, 0.29) is 5.78 Å². The fourth-order valence-corrected chi connectivity index (χ4v) is 2.59. The fraction of sp³-hybridized carbons (Fsp3) is 0.312. The van der Waals surface area contributed by atoms with Gasteiger partial charge < -0.3 is 0 Å². The second-order valence-corrected chi connectivity index (χ2v) is 5.68. The van der Waals surface area contributed by atoms with E-state index in [0.29, 0.717) is 10.7 Å². The Morgan fingerprint density at radius 1 is 1.43 bits per heavy atom. The summed E-state index contributed by atoms with van der Waals surface area (Å²) >= 11 is 2.83. The second kappa shape index (κ2) is 10.3. The lowest BCUT2D eigenvalue weighted by Gasteiger charge is -1.98. The van der Waals surface area contributed by atoms with Gasteiger partial charge >= 0.3 is 0 Å². The molecular weight excluding hydrogens is 300 g/mol. The van der Waals surface area contributed by atoms with Crippen molar-refractivity contribution in [3.8, 4) is 0 Å². The molecule has 1 aromatic rings. The number of carbonyl (C=O) groups is 1. The summed E-state index contributed by atoms with van der Waals surface area (Å²) in [7, 11) is 0. The monoisotopic (exact) mass is 322 g/mol. The summed E-state index contributed by atoms with van der Waals surface area (Å²) < 4.78 is 0. The van der Waals surface area contributed by atoms with Crippen LogP contribution in [0.5, 0.6) is 0 Å². The summed E-state index contributed by atoms with van der Waals surface area (Å²) in [4.78, 5) is 21.1. The molecule has 1 rings (SSSR count). The zero-order valence-electron chi connectivity index (χ0n) is 13.3. The van der Waals surface area contributed by atoms with Gasteiger partial charge in [0.05, 0.1) is 11.4 Å². The number of Topliss-reactive ketones (excluding diaryl/α,β-unsaturated/α-hetero) is 1. The van der Waals surface area contributed by atoms with E-state index in [4.69, 9.17) is 0 Å². The number of nitrogens with zero attached hydrogens (tertiary/aromatic N) is 2. The minimum atomic E-state index is -0.0614. The minimum Gasteiger partial charge on any atom is -0.292 e. The van der Waals surface area contributed by atoms with Crippen molar-refractivity contribution in [2.45, 2.75) is 27.7 Å². The average Bonchev–Trinajstić information content (AvgIpc) is 2.85. The normalized spacial score (nSPS) is 11.0. The molecule has 21 heavy (non-hydrogen) atoms. The molecule has 1 aromatic heterocycles. The van der Waals surface area contributed by atoms with E-state index in [2.05, 4.69) is 23.1 Å². The number of rotatable bonds is 5. The maximum Gasteiger partial charge on any atom is 0.184 e. The summed E-state index contributed by atoms with van der Waals surface area (Å²) in [6.45, 7) is 15.0. The summed E-state index contributed by atoms with van der Waals surface area (Å²) in [5, 5.41) is 1.18. The number of aliphatic imine (C=N–C) groups is 1. The Morgan fingerprint density at radius 3 is 2.52 bits per heavy atom. The molecule has 0 aliphatic rings. The largest absolute Gasteiger partial charge is 0.292 e. The first-order valence-electron chi connectivity index (χ1n) is 6.59. The number of ketones is 1. The van der Waals surface area contributed by atoms with Crippen molar-refractivity contribution in [3.63, 3.8) is 0 Å². The molecule has 0 aromatic carbocycles. The Balaban J connectivity index is 0.00000191. The Morgan fingerprint density at radius 2 is 2.05 bits per heavy atom. The van der Waals surface area contributed by atoms with Crippen molar-refractivity contribution in [2.75, 3.05) is 6.26 Å². The maximum absolute atomic E-state index is 11.3. The quantitative estimate of drug-likeness (QED) is 0.435. The molecule has 0 saturated carbocycles. The van der Waals surface area contributed by atoms with Gasteiger partial charge in [-0.1, -0.05) is 39.2 Å². The highest BCUT2D eigenvalue weighted by molar-refractivity contribution is 8.15. The van der Waals surface area contributed by atoms with Crippen LogP contribution >= 0.6 is 23.1 Å². The third kappa shape index (κ3) is 6.23. The maximum atomic E-state index is 11.3. The molecule has 0 aliphatic carbocycles. The first-order valence-corrected chi connectivity index (χ1v) is 8.63. The molecule has 0 atom stereocenters. The first-order chi connectivity index (χ1) is 9.99. The molecule has 114 valence electrons. The molecule has 0 bridgehead atoms. The van der Waals surface area contributed by atoms with Gasteiger partial charge in [-0.15, -0.1) is 23.1 Å². The highest BCUT2D eigenvalue weighted by atomic mass is 32.2. The molecule has 0 saturated heterocycles. The van der Waals surface area contributed by atoms with Crippen molar-refractivity contribution >= 4 is 45.7 Å². The van der Waals surface area contributed by atoms with Crippen LogP contribution in [0.25, 0.3) is 11.8 Å². The van der Waals surface area contributed by atoms with Crippen molar-refractivity contribution in [1.29, 1.82) is 0 Å². The van der Waals surface area contributed by atoms with Crippen LogP contribution in [-0.2, 0) is 4.79 Å². The van der Waals surface area contributed by atoms with Gasteiger partial charge in [0.2, 0.25) is 0 Å². The third-order valence-corrected chi connectivity index (χ3v) is 4.00. The van der Waals surface area contributed by atoms with Crippen LogP contribution in [0.1, 0.15) is 36.3 Å². The lowest BCUT2D eigenvalue weighted by atomic mass is 10.3. The molecule has 0 spiro atoms. The van der Waals surface area contributed by atoms with Gasteiger partial charge in [-0.3, -0.25) is 4.79 Å². The zero-order chi connectivity index (χ0) is 16.4. The van der Waals surface area contributed by atoms with Crippen molar-refractivity contribution in [3.05, 3.63) is 40.9 Å². The van der Waals surface area contributed by atoms with E-state index in [1.807, 2.05) is 39.2 Å². The highest BCUT2D eigenvalue weighted by Gasteiger charge is 2.10. The minimum absolute atomic E-state index is 0.0614. The van der Waals surface area contributed by atoms with E-state index < -0.39 is 0 Å². The molecule has 5 heteroatoms. The van der Waals surface area contributed by atoms with Crippen LogP contribution in [-0.4, -0.2) is 22.1 Å². The summed E-state index contributed by atoms with van der Waals surface area (Å²) in [5.41, 5.74) is 1.40. The van der Waals surface area contributed by atoms with E-state index in [1.54, 1.807) is 6.08 Å². The number of allylic oxidation sites excluding steroid dienone is 2. The lowest BCUT2D eigenvalue weighted by Crippen LogP contribution is -2.04. The molecular formula is C16H22N2OS2. The van der Waals surface area contributed by atoms with E-state index in [9.17, 15) is 4.79 Å². The molecule has 0 aliphatic heterocycles. The summed E-state index contributed by atoms with van der Waals surface area (Å²) in [6.07, 6.45) is 7.24. The standard InChI is InChI=1S/C14H16N2OS2.C2H6/c1-6-7-8-12-11(4)19-13(16-12)9(2)15-14(18-5)10(3)17;1-2/h6-8H,1-2H2,3-5H3;1-2H3/b8-7-,15-14?;. The number of hydrogen-bond acceptors (Lipinski definition) is 5. The number of thiazole rings is 1. The van der Waals surface area contributed by atoms with Crippen molar-refractivity contribution in [1.82, 2.24) is 4.98 Å². The molecule has 0 N–H and O–H groups in total. The van der Waals surface area contributed by atoms with Gasteiger partial charge in [0.25, 0.3) is 0 Å². The molecule has 0 unspecified atom stereocenters. The van der Waals surface area contributed by atoms with Crippen LogP contribution in [0.15, 0.2) is 30.3 Å². The van der Waals surface area contributed by atoms with Crippen LogP contribution in [0.2, 0.25) is 0 Å². The number of carbonyl (C=O) groups excluding carboxylic acids is 1. The van der Waals surface area contributed by atoms with Gasteiger partial charge in [-0.2, -0.15) is 0 Å². The SMILES string of the molecule is C=C/C=C\c1nc(C(=C)N=C(SC)C(C)=O)sc1C.CC. The summed E-state index contributed by atoms with van der Waals surface area (Å²) in [5.74, 6) is -0.0614. The van der Waals surface area contributed by atoms with Crippen molar-refractivity contribution < 1.29 is 4.79 Å². The van der Waals surface area contributed by atoms with Crippen LogP contribution < -0.4 is 0 Å². The Kier molecular flexibility index (Phi) is 9.58. The topological polar surface area (TPSA) is 42.3 Å². The smallest absolute Gasteiger partial charge is 0.184 e. The number of aromatic nitrogens is 1. The Labute approximate surface area is 135 Å². The van der Waals surface area contributed by atoms with Gasteiger partial charge in [-0.25, -0.2) is 9.98 Å². The predicted octanol–water partition coefficient (Wildman–Crippen LogP) is 5.00. The van der Waals surface area contributed by atoms with Gasteiger partial charge in [0.15, 0.2) is 5.78 Å². The Hall–Kier alpha value is -1.46. The Bertz CT molecular complexity index is 569. The predicted molar refractivity (Wildman–Crippen MR) is 98.1 cm³/mol. The number of aryl methyl sites for hydroxylation is 1. The molecule has 0 radical (unpaired) electrons. The van der Waals surface area contributed by atoms with Gasteiger partial charge in [0, 0.05) is 11.8 Å². The fourth-order valence-electron chi connectivity index (χ4n) is 1.28. The molecule has 3 nitrogen and oxygen atoms in total. The number of hydrogen-bond donors (Lipinski definition) is 0. The zero-order valence-corrected chi connectivity index (χ0v) is 14.9. The lowest BCUT2D eigenvalue weighted by molar-refractivity contribution is -0.110. The van der Waals surface area contributed by atoms with E-state index in [1.165, 1.54) is 30.0 Å². The van der Waals surface area contributed by atoms with Crippen molar-refractivity contribution in [2.24, 2.45) is 4.99 Å². The van der Waals surface area contributed by atoms with Crippen LogP contribution in [0.3, 0.4) is 0 Å². The van der Waals surface area contributed by atoms with E-state index >= 15 is 0 Å². The first kappa shape index (κ1) is 19.5. The number of thioether (sulfide) groups is 1. The van der Waals surface area contributed by atoms with Gasteiger partial charge in [0.1, 0.15) is 10.1 Å². The second-order valence-electron chi connectivity index (χ2n) is 3.68. The third-order valence-electron chi connectivity index (χ3n) is 2.20. The molecule has 0 amide bonds. The molecule has 1 heterocycles. The highest BCUT2D eigenvalue weighted by Crippen LogP contribution is 2.25. The van der Waals surface area contributed by atoms with Gasteiger partial charge in [-0.05, 0) is 19.3 Å². The van der Waals surface area contributed by atoms with Crippen LogP contribution in [0.4, 0.5) is 0 Å². The van der Waals surface area contributed by atoms with E-state index in [0.717, 1.165) is 15.6 Å². The average molecular weight is 322 g/mol.